The zero-order valence-corrected chi connectivity index (χ0v) is 23.3. The smallest absolute Gasteiger partial charge is 0.338 e. The van der Waals surface area contributed by atoms with Gasteiger partial charge in [0.15, 0.2) is 24.6 Å². The molecule has 0 bridgehead atoms. The Morgan fingerprint density at radius 2 is 0.955 bits per heavy atom. The van der Waals surface area contributed by atoms with Crippen molar-refractivity contribution >= 4 is 23.9 Å². The molecule has 10 heteroatoms. The fourth-order valence-electron chi connectivity index (χ4n) is 4.55. The molecule has 0 aliphatic carbocycles. The number of rotatable bonds is 10. The maximum atomic E-state index is 13.2. The lowest BCUT2D eigenvalue weighted by Gasteiger charge is -2.28. The maximum Gasteiger partial charge on any atom is 0.338 e. The van der Waals surface area contributed by atoms with E-state index < -0.39 is 61.2 Å². The number of aliphatic hydroxyl groups is 1. The predicted molar refractivity (Wildman–Crippen MR) is 155 cm³/mol. The molecular weight excluding hydrogens is 568 g/mol. The van der Waals surface area contributed by atoms with Gasteiger partial charge in [-0.3, -0.25) is 0 Å². The third-order valence-corrected chi connectivity index (χ3v) is 6.75. The molecule has 1 saturated heterocycles. The van der Waals surface area contributed by atoms with Gasteiger partial charge in [-0.2, -0.15) is 0 Å². The van der Waals surface area contributed by atoms with Crippen molar-refractivity contribution in [1.29, 1.82) is 0 Å². The number of benzene rings is 4. The lowest BCUT2D eigenvalue weighted by Crippen LogP contribution is -2.47. The van der Waals surface area contributed by atoms with E-state index in [0.717, 1.165) is 0 Å². The molecule has 1 fully saturated rings. The molecule has 5 rings (SSSR count). The van der Waals surface area contributed by atoms with E-state index in [4.69, 9.17) is 23.7 Å². The van der Waals surface area contributed by atoms with Crippen LogP contribution in [0.25, 0.3) is 0 Å². The SMILES string of the molecule is O=C(OC[C@H](OC(=O)c1ccccc1)[C@H]1OC(O)[C@@H](OC(=O)c2ccccc2)[C@H]1OC(=O)c1ccccc1)c1ccccc1. The molecule has 1 heterocycles. The molecule has 0 saturated carbocycles. The molecule has 1 N–H and O–H groups in total. The fraction of sp³-hybridized carbons (Fsp3) is 0.176. The second kappa shape index (κ2) is 14.2. The van der Waals surface area contributed by atoms with Gasteiger partial charge in [-0.15, -0.1) is 0 Å². The molecule has 224 valence electrons. The van der Waals surface area contributed by atoms with Crippen LogP contribution in [0.2, 0.25) is 0 Å². The van der Waals surface area contributed by atoms with E-state index in [1.165, 1.54) is 36.4 Å². The van der Waals surface area contributed by atoms with Gasteiger partial charge in [0.25, 0.3) is 0 Å². The molecule has 0 radical (unpaired) electrons. The Morgan fingerprint density at radius 1 is 0.568 bits per heavy atom. The minimum absolute atomic E-state index is 0.175. The molecule has 1 aliphatic heterocycles. The van der Waals surface area contributed by atoms with Gasteiger partial charge in [-0.05, 0) is 48.5 Å². The van der Waals surface area contributed by atoms with E-state index in [1.807, 2.05) is 0 Å². The van der Waals surface area contributed by atoms with Gasteiger partial charge in [0.1, 0.15) is 12.7 Å². The Morgan fingerprint density at radius 3 is 1.41 bits per heavy atom. The largest absolute Gasteiger partial charge is 0.458 e. The number of carbonyl (C=O) groups is 4. The number of aliphatic hydroxyl groups excluding tert-OH is 1. The highest BCUT2D eigenvalue weighted by Gasteiger charge is 2.53. The first kappa shape index (κ1) is 30.1. The molecule has 4 aromatic carbocycles. The van der Waals surface area contributed by atoms with Gasteiger partial charge in [-0.1, -0.05) is 72.8 Å². The van der Waals surface area contributed by atoms with Crippen molar-refractivity contribution in [3.8, 4) is 0 Å². The molecule has 0 spiro atoms. The number of hydrogen-bond acceptors (Lipinski definition) is 10. The van der Waals surface area contributed by atoms with Crippen LogP contribution in [0.5, 0.6) is 0 Å². The van der Waals surface area contributed by atoms with Gasteiger partial charge < -0.3 is 28.8 Å². The van der Waals surface area contributed by atoms with Crippen LogP contribution < -0.4 is 0 Å². The second-order valence-corrected chi connectivity index (χ2v) is 9.74. The molecular formula is C34H28O10. The van der Waals surface area contributed by atoms with Gasteiger partial charge in [-0.25, -0.2) is 19.2 Å². The summed E-state index contributed by atoms with van der Waals surface area (Å²) in [4.78, 5) is 52.1. The maximum absolute atomic E-state index is 13.2. The normalized spacial score (nSPS) is 19.8. The van der Waals surface area contributed by atoms with E-state index in [1.54, 1.807) is 84.9 Å². The van der Waals surface area contributed by atoms with E-state index in [9.17, 15) is 24.3 Å². The van der Waals surface area contributed by atoms with Crippen molar-refractivity contribution in [2.24, 2.45) is 0 Å². The molecule has 10 nitrogen and oxygen atoms in total. The van der Waals surface area contributed by atoms with E-state index in [2.05, 4.69) is 0 Å². The van der Waals surface area contributed by atoms with E-state index in [-0.39, 0.29) is 22.3 Å². The van der Waals surface area contributed by atoms with Gasteiger partial charge >= 0.3 is 23.9 Å². The quantitative estimate of drug-likeness (QED) is 0.209. The van der Waals surface area contributed by atoms with Crippen LogP contribution in [0.4, 0.5) is 0 Å². The average Bonchev–Trinajstić information content (AvgIpc) is 3.37. The summed E-state index contributed by atoms with van der Waals surface area (Å²) in [6.07, 6.45) is -7.61. The van der Waals surface area contributed by atoms with Crippen LogP contribution in [-0.2, 0) is 23.7 Å². The van der Waals surface area contributed by atoms with Crippen molar-refractivity contribution in [3.63, 3.8) is 0 Å². The lowest BCUT2D eigenvalue weighted by atomic mass is 10.0. The van der Waals surface area contributed by atoms with Crippen LogP contribution in [0.1, 0.15) is 41.4 Å². The topological polar surface area (TPSA) is 135 Å². The van der Waals surface area contributed by atoms with Crippen LogP contribution in [0.15, 0.2) is 121 Å². The zero-order valence-electron chi connectivity index (χ0n) is 23.3. The summed E-state index contributed by atoms with van der Waals surface area (Å²) in [5.41, 5.74) is 0.791. The highest BCUT2D eigenvalue weighted by Crippen LogP contribution is 2.31. The van der Waals surface area contributed by atoms with Gasteiger partial charge in [0.2, 0.25) is 0 Å². The van der Waals surface area contributed by atoms with E-state index in [0.29, 0.717) is 0 Å². The molecule has 5 atom stereocenters. The zero-order chi connectivity index (χ0) is 30.9. The van der Waals surface area contributed by atoms with Crippen LogP contribution >= 0.6 is 0 Å². The third-order valence-electron chi connectivity index (χ3n) is 6.75. The van der Waals surface area contributed by atoms with E-state index >= 15 is 0 Å². The number of hydrogen-bond donors (Lipinski definition) is 1. The highest BCUT2D eigenvalue weighted by atomic mass is 16.7. The number of esters is 4. The molecule has 1 aliphatic rings. The average molecular weight is 597 g/mol. The van der Waals surface area contributed by atoms with Crippen molar-refractivity contribution in [2.45, 2.75) is 30.7 Å². The van der Waals surface area contributed by atoms with Crippen molar-refractivity contribution in [2.75, 3.05) is 6.61 Å². The Hall–Kier alpha value is -5.32. The third kappa shape index (κ3) is 7.35. The van der Waals surface area contributed by atoms with Crippen LogP contribution in [0.3, 0.4) is 0 Å². The molecule has 44 heavy (non-hydrogen) atoms. The summed E-state index contributed by atoms with van der Waals surface area (Å²) < 4.78 is 28.3. The van der Waals surface area contributed by atoms with Gasteiger partial charge in [0, 0.05) is 0 Å². The minimum Gasteiger partial charge on any atom is -0.458 e. The Balaban J connectivity index is 1.45. The summed E-state index contributed by atoms with van der Waals surface area (Å²) in [5, 5.41) is 10.9. The number of carbonyl (C=O) groups excluding carboxylic acids is 4. The summed E-state index contributed by atoms with van der Waals surface area (Å²) in [6.45, 7) is -0.539. The molecule has 0 aromatic heterocycles. The Bertz CT molecular complexity index is 1560. The van der Waals surface area contributed by atoms with Crippen molar-refractivity contribution in [3.05, 3.63) is 144 Å². The van der Waals surface area contributed by atoms with Crippen LogP contribution in [-0.4, -0.2) is 66.3 Å². The fourth-order valence-corrected chi connectivity index (χ4v) is 4.55. The molecule has 4 aromatic rings. The standard InChI is InChI=1S/C34H28O10/c35-30(22-13-5-1-6-14-22)40-21-26(41-31(36)23-15-7-2-8-16-23)27-28(43-32(37)24-17-9-3-10-18-24)29(34(39)42-27)44-33(38)25-19-11-4-12-20-25/h1-20,26-29,34,39H,21H2/t26-,27+,28-,29-,34?/m0/s1. The van der Waals surface area contributed by atoms with Crippen molar-refractivity contribution in [1.82, 2.24) is 0 Å². The minimum atomic E-state index is -1.79. The predicted octanol–water partition coefficient (Wildman–Crippen LogP) is 4.24. The highest BCUT2D eigenvalue weighted by molar-refractivity contribution is 5.91. The first-order valence-electron chi connectivity index (χ1n) is 13.7. The first-order valence-corrected chi connectivity index (χ1v) is 13.7. The van der Waals surface area contributed by atoms with Gasteiger partial charge in [0.05, 0.1) is 22.3 Å². The molecule has 0 amide bonds. The van der Waals surface area contributed by atoms with Crippen molar-refractivity contribution < 1.29 is 48.0 Å². The lowest BCUT2D eigenvalue weighted by molar-refractivity contribution is -0.153. The molecule has 1 unspecified atom stereocenters. The van der Waals surface area contributed by atoms with Crippen LogP contribution in [0, 0.1) is 0 Å². The summed E-state index contributed by atoms with van der Waals surface area (Å²) >= 11 is 0. The Kier molecular flexibility index (Phi) is 9.75. The summed E-state index contributed by atoms with van der Waals surface area (Å²) in [6, 6.07) is 32.2. The second-order valence-electron chi connectivity index (χ2n) is 9.74. The summed E-state index contributed by atoms with van der Waals surface area (Å²) in [7, 11) is 0. The monoisotopic (exact) mass is 596 g/mol. The summed E-state index contributed by atoms with van der Waals surface area (Å²) in [5.74, 6) is -3.13. The number of ether oxygens (including phenoxy) is 5. The Labute approximate surface area is 252 Å². The first-order chi connectivity index (χ1) is 21.4.